The molecule has 0 aliphatic rings. The fraction of sp³-hybridized carbons (Fsp3) is 0.455. The smallest absolute Gasteiger partial charge is 0.0456 e. The van der Waals surface area contributed by atoms with E-state index >= 15 is 0 Å². The van der Waals surface area contributed by atoms with Crippen molar-refractivity contribution in [3.63, 3.8) is 0 Å². The number of hydrogen-bond donors (Lipinski definition) is 0. The highest BCUT2D eigenvalue weighted by Gasteiger charge is 2.05. The highest BCUT2D eigenvalue weighted by atomic mass is 32.1. The van der Waals surface area contributed by atoms with E-state index in [0.717, 1.165) is 5.92 Å². The maximum Gasteiger partial charge on any atom is 0.0456 e. The maximum atomic E-state index is 2.36. The minimum atomic E-state index is 0.772. The molecule has 0 nitrogen and oxygen atoms in total. The van der Waals surface area contributed by atoms with Crippen LogP contribution < -0.4 is 0 Å². The molecule has 0 amide bonds. The monoisotopic (exact) mass is 210 g/mol. The van der Waals surface area contributed by atoms with E-state index in [9.17, 15) is 0 Å². The Morgan fingerprint density at radius 1 is 1.15 bits per heavy atom. The van der Waals surface area contributed by atoms with Gasteiger partial charge in [0.05, 0.1) is 0 Å². The second kappa shape index (κ2) is 3.43. The van der Waals surface area contributed by atoms with Crippen LogP contribution in [0.3, 0.4) is 0 Å². The predicted molar refractivity (Wildman–Crippen MR) is 63.0 cm³/mol. The molecule has 2 rings (SSSR count). The molecule has 0 saturated carbocycles. The first kappa shape index (κ1) is 9.22. The summed E-state index contributed by atoms with van der Waals surface area (Å²) in [6.07, 6.45) is 1.23. The molecule has 2 aromatic heterocycles. The lowest BCUT2D eigenvalue weighted by Gasteiger charge is -1.99. The Kier molecular flexibility index (Phi) is 2.43. The van der Waals surface area contributed by atoms with Crippen molar-refractivity contribution >= 4 is 32.1 Å². The van der Waals surface area contributed by atoms with Gasteiger partial charge in [0.25, 0.3) is 0 Å². The lowest BCUT2D eigenvalue weighted by atomic mass is 10.1. The Morgan fingerprint density at radius 2 is 1.85 bits per heavy atom. The van der Waals surface area contributed by atoms with E-state index in [2.05, 4.69) is 32.9 Å². The second-order valence-corrected chi connectivity index (χ2v) is 6.35. The minimum Gasteiger partial charge on any atom is -0.140 e. The topological polar surface area (TPSA) is 0 Å². The van der Waals surface area contributed by atoms with Gasteiger partial charge in [0.2, 0.25) is 0 Å². The molecule has 0 aliphatic carbocycles. The summed E-state index contributed by atoms with van der Waals surface area (Å²) in [4.78, 5) is 2.97. The Morgan fingerprint density at radius 3 is 2.46 bits per heavy atom. The summed E-state index contributed by atoms with van der Waals surface area (Å²) in [5, 5.41) is 0. The molecule has 0 N–H and O–H groups in total. The number of fused-ring (bicyclic) bond motifs is 1. The molecule has 70 valence electrons. The third-order valence-corrected chi connectivity index (χ3v) is 4.22. The summed E-state index contributed by atoms with van der Waals surface area (Å²) in [7, 11) is 0. The Labute approximate surface area is 87.2 Å². The van der Waals surface area contributed by atoms with Gasteiger partial charge in [-0.1, -0.05) is 13.8 Å². The van der Waals surface area contributed by atoms with Crippen LogP contribution >= 0.6 is 22.7 Å². The molecule has 0 spiro atoms. The van der Waals surface area contributed by atoms with E-state index in [-0.39, 0.29) is 0 Å². The van der Waals surface area contributed by atoms with Crippen molar-refractivity contribution in [2.24, 2.45) is 5.92 Å². The van der Waals surface area contributed by atoms with Crippen LogP contribution in [0.25, 0.3) is 9.40 Å². The summed E-state index contributed by atoms with van der Waals surface area (Å²) < 4.78 is 2.94. The molecule has 0 aromatic carbocycles. The van der Waals surface area contributed by atoms with Gasteiger partial charge in [-0.3, -0.25) is 0 Å². The van der Waals surface area contributed by atoms with E-state index < -0.39 is 0 Å². The molecule has 2 aromatic rings. The minimum absolute atomic E-state index is 0.772. The average molecular weight is 210 g/mol. The molecule has 2 heteroatoms. The molecule has 0 fully saturated rings. The summed E-state index contributed by atoms with van der Waals surface area (Å²) in [6.45, 7) is 6.73. The molecule has 0 saturated heterocycles. The van der Waals surface area contributed by atoms with Crippen molar-refractivity contribution in [3.8, 4) is 0 Å². The lowest BCUT2D eigenvalue weighted by Crippen LogP contribution is -1.89. The van der Waals surface area contributed by atoms with Gasteiger partial charge in [-0.2, -0.15) is 0 Å². The second-order valence-electron chi connectivity index (χ2n) is 3.90. The number of thiophene rings is 2. The molecule has 0 atom stereocenters. The first-order valence-corrected chi connectivity index (χ1v) is 6.27. The van der Waals surface area contributed by atoms with E-state index in [1.165, 1.54) is 25.6 Å². The fourth-order valence-corrected chi connectivity index (χ4v) is 4.06. The van der Waals surface area contributed by atoms with Gasteiger partial charge < -0.3 is 0 Å². The first-order valence-electron chi connectivity index (χ1n) is 4.64. The SMILES string of the molecule is Cc1cc2sc(CC(C)C)cc2s1. The summed E-state index contributed by atoms with van der Waals surface area (Å²) >= 11 is 3.87. The molecule has 2 heterocycles. The summed E-state index contributed by atoms with van der Waals surface area (Å²) in [5.41, 5.74) is 0. The van der Waals surface area contributed by atoms with Gasteiger partial charge in [-0.25, -0.2) is 0 Å². The van der Waals surface area contributed by atoms with Crippen LogP contribution in [0, 0.1) is 12.8 Å². The number of rotatable bonds is 2. The number of aryl methyl sites for hydroxylation is 1. The molecule has 0 aliphatic heterocycles. The Balaban J connectivity index is 2.34. The van der Waals surface area contributed by atoms with Gasteiger partial charge >= 0.3 is 0 Å². The van der Waals surface area contributed by atoms with E-state index in [1.807, 2.05) is 22.7 Å². The van der Waals surface area contributed by atoms with Crippen molar-refractivity contribution in [3.05, 3.63) is 21.9 Å². The predicted octanol–water partition coefficient (Wildman–Crippen LogP) is 4.47. The highest BCUT2D eigenvalue weighted by molar-refractivity contribution is 7.27. The van der Waals surface area contributed by atoms with E-state index in [1.54, 1.807) is 0 Å². The van der Waals surface area contributed by atoms with E-state index in [4.69, 9.17) is 0 Å². The molecule has 13 heavy (non-hydrogen) atoms. The van der Waals surface area contributed by atoms with Crippen molar-refractivity contribution < 1.29 is 0 Å². The first-order chi connectivity index (χ1) is 6.15. The molecular formula is C11H14S2. The van der Waals surface area contributed by atoms with Crippen LogP contribution in [0.1, 0.15) is 23.6 Å². The third-order valence-electron chi connectivity index (χ3n) is 1.99. The molecular weight excluding hydrogens is 196 g/mol. The standard InChI is InChI=1S/C11H14S2/c1-7(2)4-9-6-11-10(13-9)5-8(3)12-11/h5-7H,4H2,1-3H3. The Bertz CT molecular complexity index is 375. The van der Waals surface area contributed by atoms with Gasteiger partial charge in [-0.15, -0.1) is 22.7 Å². The molecule has 0 bridgehead atoms. The largest absolute Gasteiger partial charge is 0.140 e. The van der Waals surface area contributed by atoms with Gasteiger partial charge in [-0.05, 0) is 31.4 Å². The van der Waals surface area contributed by atoms with Gasteiger partial charge in [0, 0.05) is 19.2 Å². The molecule has 0 radical (unpaired) electrons. The lowest BCUT2D eigenvalue weighted by molar-refractivity contribution is 0.654. The van der Waals surface area contributed by atoms with Crippen LogP contribution in [0.4, 0.5) is 0 Å². The van der Waals surface area contributed by atoms with E-state index in [0.29, 0.717) is 0 Å². The van der Waals surface area contributed by atoms with Crippen LogP contribution in [0.5, 0.6) is 0 Å². The normalized spacial score (nSPS) is 11.7. The van der Waals surface area contributed by atoms with Crippen molar-refractivity contribution in [1.82, 2.24) is 0 Å². The fourth-order valence-electron chi connectivity index (χ4n) is 1.51. The van der Waals surface area contributed by atoms with Gasteiger partial charge in [0.15, 0.2) is 0 Å². The van der Waals surface area contributed by atoms with Gasteiger partial charge in [0.1, 0.15) is 0 Å². The van der Waals surface area contributed by atoms with Crippen molar-refractivity contribution in [2.45, 2.75) is 27.2 Å². The van der Waals surface area contributed by atoms with Crippen molar-refractivity contribution in [1.29, 1.82) is 0 Å². The Hall–Kier alpha value is -0.340. The third kappa shape index (κ3) is 1.94. The zero-order valence-corrected chi connectivity index (χ0v) is 9.89. The summed E-state index contributed by atoms with van der Waals surface area (Å²) in [6, 6.07) is 4.66. The average Bonchev–Trinajstić information content (AvgIpc) is 2.41. The van der Waals surface area contributed by atoms with Crippen LogP contribution in [-0.4, -0.2) is 0 Å². The number of hydrogen-bond acceptors (Lipinski definition) is 2. The van der Waals surface area contributed by atoms with Crippen LogP contribution in [-0.2, 0) is 6.42 Å². The molecule has 0 unspecified atom stereocenters. The van der Waals surface area contributed by atoms with Crippen molar-refractivity contribution in [2.75, 3.05) is 0 Å². The highest BCUT2D eigenvalue weighted by Crippen LogP contribution is 2.33. The quantitative estimate of drug-likeness (QED) is 0.686. The van der Waals surface area contributed by atoms with Crippen LogP contribution in [0.2, 0.25) is 0 Å². The summed E-state index contributed by atoms with van der Waals surface area (Å²) in [5.74, 6) is 0.772. The zero-order chi connectivity index (χ0) is 9.42. The maximum absolute atomic E-state index is 2.36. The zero-order valence-electron chi connectivity index (χ0n) is 8.26. The van der Waals surface area contributed by atoms with Crippen LogP contribution in [0.15, 0.2) is 12.1 Å².